The number of nitrogens with one attached hydrogen (secondary N) is 1. The van der Waals surface area contributed by atoms with Gasteiger partial charge < -0.3 is 10.1 Å². The predicted octanol–water partition coefficient (Wildman–Crippen LogP) is 4.80. The summed E-state index contributed by atoms with van der Waals surface area (Å²) in [4.78, 5) is 12.3. The van der Waals surface area contributed by atoms with E-state index in [1.54, 1.807) is 0 Å². The van der Waals surface area contributed by atoms with Gasteiger partial charge in [-0.2, -0.15) is 0 Å². The Morgan fingerprint density at radius 3 is 2.57 bits per heavy atom. The van der Waals surface area contributed by atoms with Gasteiger partial charge in [0.15, 0.2) is 0 Å². The summed E-state index contributed by atoms with van der Waals surface area (Å²) in [6.45, 7) is 4.72. The summed E-state index contributed by atoms with van der Waals surface area (Å²) in [7, 11) is 0. The van der Waals surface area contributed by atoms with Crippen molar-refractivity contribution in [3.8, 4) is 5.75 Å². The van der Waals surface area contributed by atoms with E-state index in [0.29, 0.717) is 12.2 Å². The van der Waals surface area contributed by atoms with E-state index in [9.17, 15) is 4.79 Å². The van der Waals surface area contributed by atoms with Gasteiger partial charge in [0.05, 0.1) is 12.2 Å². The van der Waals surface area contributed by atoms with Gasteiger partial charge in [-0.05, 0) is 65.7 Å². The third-order valence-corrected chi connectivity index (χ3v) is 3.64. The third-order valence-electron chi connectivity index (χ3n) is 2.95. The van der Waals surface area contributed by atoms with Crippen LogP contribution in [0.2, 0.25) is 0 Å². The zero-order valence-corrected chi connectivity index (χ0v) is 13.7. The average molecular weight is 348 g/mol. The van der Waals surface area contributed by atoms with E-state index >= 15 is 0 Å². The average Bonchev–Trinajstić information content (AvgIpc) is 2.49. The van der Waals surface area contributed by atoms with E-state index in [2.05, 4.69) is 28.2 Å². The van der Waals surface area contributed by atoms with E-state index in [0.717, 1.165) is 27.9 Å². The van der Waals surface area contributed by atoms with Crippen molar-refractivity contribution in [3.63, 3.8) is 0 Å². The molecule has 110 valence electrons. The van der Waals surface area contributed by atoms with Crippen LogP contribution >= 0.6 is 15.9 Å². The maximum Gasteiger partial charge on any atom is 0.256 e. The summed E-state index contributed by atoms with van der Waals surface area (Å²) in [6.07, 6.45) is 0.972. The van der Waals surface area contributed by atoms with Crippen LogP contribution in [0.25, 0.3) is 0 Å². The van der Waals surface area contributed by atoms with Crippen LogP contribution in [0.3, 0.4) is 0 Å². The fourth-order valence-electron chi connectivity index (χ4n) is 1.87. The van der Waals surface area contributed by atoms with Crippen molar-refractivity contribution in [2.75, 3.05) is 11.9 Å². The molecule has 0 aliphatic carbocycles. The maximum atomic E-state index is 12.3. The van der Waals surface area contributed by atoms with Crippen molar-refractivity contribution in [2.24, 2.45) is 0 Å². The largest absolute Gasteiger partial charge is 0.494 e. The van der Waals surface area contributed by atoms with E-state index in [1.807, 2.05) is 49.4 Å². The highest BCUT2D eigenvalue weighted by Gasteiger charge is 2.10. The molecule has 0 heterocycles. The standard InChI is InChI=1S/C17H18BrNO2/c1-3-10-21-14-7-5-13(6-8-14)19-17(20)15-11-12(2)4-9-16(15)18/h4-9,11H,3,10H2,1-2H3,(H,19,20). The number of ether oxygens (including phenoxy) is 1. The molecule has 0 aliphatic rings. The lowest BCUT2D eigenvalue weighted by molar-refractivity contribution is 0.102. The molecule has 0 atom stereocenters. The van der Waals surface area contributed by atoms with Crippen LogP contribution in [-0.4, -0.2) is 12.5 Å². The first-order chi connectivity index (χ1) is 10.1. The fourth-order valence-corrected chi connectivity index (χ4v) is 2.29. The number of amides is 1. The van der Waals surface area contributed by atoms with Crippen LogP contribution in [0, 0.1) is 6.92 Å². The summed E-state index contributed by atoms with van der Waals surface area (Å²) in [5.41, 5.74) is 2.42. The Bertz CT molecular complexity index is 623. The number of anilines is 1. The molecule has 4 heteroatoms. The van der Waals surface area contributed by atoms with Gasteiger partial charge in [0.2, 0.25) is 0 Å². The Morgan fingerprint density at radius 2 is 1.90 bits per heavy atom. The van der Waals surface area contributed by atoms with Crippen molar-refractivity contribution in [1.82, 2.24) is 0 Å². The van der Waals surface area contributed by atoms with Gasteiger partial charge in [0.1, 0.15) is 5.75 Å². The monoisotopic (exact) mass is 347 g/mol. The molecule has 1 amide bonds. The van der Waals surface area contributed by atoms with Gasteiger partial charge in [-0.1, -0.05) is 18.6 Å². The van der Waals surface area contributed by atoms with Crippen molar-refractivity contribution in [3.05, 3.63) is 58.1 Å². The second kappa shape index (κ2) is 7.27. The predicted molar refractivity (Wildman–Crippen MR) is 89.1 cm³/mol. The molecule has 0 spiro atoms. The quantitative estimate of drug-likeness (QED) is 0.843. The number of benzene rings is 2. The van der Waals surface area contributed by atoms with Crippen molar-refractivity contribution < 1.29 is 9.53 Å². The van der Waals surface area contributed by atoms with Gasteiger partial charge in [0, 0.05) is 10.2 Å². The van der Waals surface area contributed by atoms with Crippen LogP contribution in [0.1, 0.15) is 29.3 Å². The van der Waals surface area contributed by atoms with Gasteiger partial charge in [-0.15, -0.1) is 0 Å². The highest BCUT2D eigenvalue weighted by Crippen LogP contribution is 2.21. The minimum absolute atomic E-state index is 0.132. The summed E-state index contributed by atoms with van der Waals surface area (Å²) in [5.74, 6) is 0.680. The molecule has 2 aromatic carbocycles. The van der Waals surface area contributed by atoms with Gasteiger partial charge in [0.25, 0.3) is 5.91 Å². The van der Waals surface area contributed by atoms with E-state index in [-0.39, 0.29) is 5.91 Å². The van der Waals surface area contributed by atoms with Crippen molar-refractivity contribution >= 4 is 27.5 Å². The van der Waals surface area contributed by atoms with Crippen LogP contribution in [-0.2, 0) is 0 Å². The summed E-state index contributed by atoms with van der Waals surface area (Å²) >= 11 is 3.40. The maximum absolute atomic E-state index is 12.3. The van der Waals surface area contributed by atoms with Crippen molar-refractivity contribution in [1.29, 1.82) is 0 Å². The topological polar surface area (TPSA) is 38.3 Å². The first-order valence-corrected chi connectivity index (χ1v) is 7.70. The molecule has 0 aliphatic heterocycles. The van der Waals surface area contributed by atoms with E-state index in [4.69, 9.17) is 4.74 Å². The number of aryl methyl sites for hydroxylation is 1. The van der Waals surface area contributed by atoms with E-state index < -0.39 is 0 Å². The number of carbonyl (C=O) groups is 1. The summed E-state index contributed by atoms with van der Waals surface area (Å²) in [6, 6.07) is 13.1. The van der Waals surface area contributed by atoms with Crippen LogP contribution in [0.15, 0.2) is 46.9 Å². The number of hydrogen-bond acceptors (Lipinski definition) is 2. The molecular formula is C17H18BrNO2. The van der Waals surface area contributed by atoms with Crippen molar-refractivity contribution in [2.45, 2.75) is 20.3 Å². The Labute approximate surface area is 133 Å². The normalized spacial score (nSPS) is 10.2. The molecular weight excluding hydrogens is 330 g/mol. The number of carbonyl (C=O) groups excluding carboxylic acids is 1. The molecule has 0 saturated heterocycles. The zero-order valence-electron chi connectivity index (χ0n) is 12.2. The molecule has 21 heavy (non-hydrogen) atoms. The van der Waals surface area contributed by atoms with Crippen LogP contribution < -0.4 is 10.1 Å². The minimum atomic E-state index is -0.132. The van der Waals surface area contributed by atoms with Gasteiger partial charge >= 0.3 is 0 Å². The molecule has 0 radical (unpaired) electrons. The molecule has 0 aromatic heterocycles. The SMILES string of the molecule is CCCOc1ccc(NC(=O)c2cc(C)ccc2Br)cc1. The zero-order chi connectivity index (χ0) is 15.2. The molecule has 1 N–H and O–H groups in total. The lowest BCUT2D eigenvalue weighted by Gasteiger charge is -2.09. The number of hydrogen-bond donors (Lipinski definition) is 1. The smallest absolute Gasteiger partial charge is 0.256 e. The molecule has 0 bridgehead atoms. The Balaban J connectivity index is 2.07. The van der Waals surface area contributed by atoms with Gasteiger partial charge in [-0.3, -0.25) is 4.79 Å². The Hall–Kier alpha value is -1.81. The molecule has 3 nitrogen and oxygen atoms in total. The molecule has 0 saturated carbocycles. The first-order valence-electron chi connectivity index (χ1n) is 6.90. The van der Waals surface area contributed by atoms with Crippen LogP contribution in [0.5, 0.6) is 5.75 Å². The third kappa shape index (κ3) is 4.33. The second-order valence-corrected chi connectivity index (χ2v) is 5.66. The summed E-state index contributed by atoms with van der Waals surface area (Å²) < 4.78 is 6.30. The first kappa shape index (κ1) is 15.6. The lowest BCUT2D eigenvalue weighted by Crippen LogP contribution is -2.12. The molecule has 0 unspecified atom stereocenters. The molecule has 2 aromatic rings. The Kier molecular flexibility index (Phi) is 5.39. The molecule has 0 fully saturated rings. The lowest BCUT2D eigenvalue weighted by atomic mass is 10.1. The van der Waals surface area contributed by atoms with Gasteiger partial charge in [-0.25, -0.2) is 0 Å². The highest BCUT2D eigenvalue weighted by atomic mass is 79.9. The molecule has 2 rings (SSSR count). The number of halogens is 1. The second-order valence-electron chi connectivity index (χ2n) is 4.81. The highest BCUT2D eigenvalue weighted by molar-refractivity contribution is 9.10. The Morgan fingerprint density at radius 1 is 1.19 bits per heavy atom. The van der Waals surface area contributed by atoms with Crippen LogP contribution in [0.4, 0.5) is 5.69 Å². The van der Waals surface area contributed by atoms with E-state index in [1.165, 1.54) is 0 Å². The fraction of sp³-hybridized carbons (Fsp3) is 0.235. The number of rotatable bonds is 5. The summed E-state index contributed by atoms with van der Waals surface area (Å²) in [5, 5.41) is 2.89. The minimum Gasteiger partial charge on any atom is -0.494 e.